The van der Waals surface area contributed by atoms with E-state index in [1.54, 1.807) is 19.3 Å². The van der Waals surface area contributed by atoms with Crippen LogP contribution in [0.15, 0.2) is 0 Å². The lowest BCUT2D eigenvalue weighted by Crippen LogP contribution is -2.30. The lowest BCUT2D eigenvalue weighted by atomic mass is 10.6. The number of nitrogens with zero attached hydrogens (tertiary/aromatic N) is 1. The van der Waals surface area contributed by atoms with Gasteiger partial charge in [0.15, 0.2) is 0 Å². The molecule has 0 unspecified atom stereocenters. The minimum Gasteiger partial charge on any atom is -0.383 e. The molecule has 0 heterocycles. The van der Waals surface area contributed by atoms with E-state index >= 15 is 0 Å². The summed E-state index contributed by atoms with van der Waals surface area (Å²) >= 11 is 0. The molecule has 11 heavy (non-hydrogen) atoms. The van der Waals surface area contributed by atoms with Gasteiger partial charge in [-0.05, 0) is 0 Å². The zero-order valence-corrected chi connectivity index (χ0v) is 7.59. The van der Waals surface area contributed by atoms with E-state index in [1.165, 1.54) is 0 Å². The van der Waals surface area contributed by atoms with Crippen molar-refractivity contribution in [3.05, 3.63) is 0 Å². The number of hydroxylamine groups is 2. The molecule has 0 aliphatic rings. The van der Waals surface area contributed by atoms with Crippen molar-refractivity contribution in [1.29, 1.82) is 0 Å². The summed E-state index contributed by atoms with van der Waals surface area (Å²) in [6.45, 7) is 3.47. The smallest absolute Gasteiger partial charge is 0.0587 e. The third kappa shape index (κ3) is 7.74. The average Bonchev–Trinajstić information content (AvgIpc) is 2.04. The standard InChI is InChI=1S/C7H18N2O2/c1-9(11-3)6-4-8-5-7-10-2/h8H,4-7H2,1-3H3. The molecule has 68 valence electrons. The fraction of sp³-hybridized carbons (Fsp3) is 1.00. The van der Waals surface area contributed by atoms with Crippen LogP contribution in [-0.2, 0) is 9.57 Å². The van der Waals surface area contributed by atoms with Gasteiger partial charge in [0, 0.05) is 33.8 Å². The highest BCUT2D eigenvalue weighted by Gasteiger charge is 1.92. The van der Waals surface area contributed by atoms with Crippen LogP contribution < -0.4 is 5.32 Å². The first-order chi connectivity index (χ1) is 5.31. The largest absolute Gasteiger partial charge is 0.383 e. The van der Waals surface area contributed by atoms with Crippen molar-refractivity contribution in [3.63, 3.8) is 0 Å². The lowest BCUT2D eigenvalue weighted by molar-refractivity contribution is -0.107. The second-order valence-corrected chi connectivity index (χ2v) is 2.28. The zero-order chi connectivity index (χ0) is 8.53. The highest BCUT2D eigenvalue weighted by atomic mass is 16.7. The molecule has 4 heteroatoms. The van der Waals surface area contributed by atoms with Crippen LogP contribution >= 0.6 is 0 Å². The second-order valence-electron chi connectivity index (χ2n) is 2.28. The van der Waals surface area contributed by atoms with E-state index < -0.39 is 0 Å². The Kier molecular flexibility index (Phi) is 7.83. The zero-order valence-electron chi connectivity index (χ0n) is 7.59. The van der Waals surface area contributed by atoms with Gasteiger partial charge in [-0.25, -0.2) is 0 Å². The van der Waals surface area contributed by atoms with E-state index in [9.17, 15) is 0 Å². The van der Waals surface area contributed by atoms with Crippen molar-refractivity contribution in [1.82, 2.24) is 10.4 Å². The molecule has 0 amide bonds. The monoisotopic (exact) mass is 162 g/mol. The van der Waals surface area contributed by atoms with E-state index in [2.05, 4.69) is 5.32 Å². The molecule has 0 aromatic rings. The summed E-state index contributed by atoms with van der Waals surface area (Å²) in [6, 6.07) is 0. The molecule has 0 rings (SSSR count). The lowest BCUT2D eigenvalue weighted by Gasteiger charge is -2.13. The number of hydrogen-bond donors (Lipinski definition) is 1. The topological polar surface area (TPSA) is 33.7 Å². The van der Waals surface area contributed by atoms with Crippen molar-refractivity contribution in [3.8, 4) is 0 Å². The summed E-state index contributed by atoms with van der Waals surface area (Å²) in [5.74, 6) is 0. The summed E-state index contributed by atoms with van der Waals surface area (Å²) in [4.78, 5) is 4.92. The SMILES string of the molecule is COCCNCCN(C)OC. The highest BCUT2D eigenvalue weighted by Crippen LogP contribution is 1.77. The Morgan fingerprint density at radius 3 is 2.55 bits per heavy atom. The predicted octanol–water partition coefficient (Wildman–Crippen LogP) is -0.284. The molecule has 0 atom stereocenters. The molecular formula is C7H18N2O2. The molecule has 0 aliphatic heterocycles. The van der Waals surface area contributed by atoms with Gasteiger partial charge >= 0.3 is 0 Å². The number of hydrogen-bond acceptors (Lipinski definition) is 4. The predicted molar refractivity (Wildman–Crippen MR) is 44.4 cm³/mol. The molecular weight excluding hydrogens is 144 g/mol. The molecule has 0 spiro atoms. The molecule has 0 saturated carbocycles. The van der Waals surface area contributed by atoms with E-state index in [1.807, 2.05) is 7.05 Å². The van der Waals surface area contributed by atoms with Gasteiger partial charge in [0.25, 0.3) is 0 Å². The van der Waals surface area contributed by atoms with Gasteiger partial charge in [-0.2, -0.15) is 5.06 Å². The second kappa shape index (κ2) is 7.94. The van der Waals surface area contributed by atoms with E-state index in [0.717, 1.165) is 26.2 Å². The third-order valence-corrected chi connectivity index (χ3v) is 1.40. The van der Waals surface area contributed by atoms with Gasteiger partial charge in [0.05, 0.1) is 13.7 Å². The fourth-order valence-electron chi connectivity index (χ4n) is 0.627. The molecule has 0 bridgehead atoms. The maximum Gasteiger partial charge on any atom is 0.0587 e. The van der Waals surface area contributed by atoms with Gasteiger partial charge in [-0.1, -0.05) is 0 Å². The van der Waals surface area contributed by atoms with Crippen LogP contribution in [0.3, 0.4) is 0 Å². The molecule has 0 saturated heterocycles. The van der Waals surface area contributed by atoms with Crippen LogP contribution in [0, 0.1) is 0 Å². The Labute approximate surface area is 68.4 Å². The van der Waals surface area contributed by atoms with E-state index in [-0.39, 0.29) is 0 Å². The Morgan fingerprint density at radius 1 is 1.27 bits per heavy atom. The quantitative estimate of drug-likeness (QED) is 0.412. The molecule has 0 radical (unpaired) electrons. The van der Waals surface area contributed by atoms with E-state index in [0.29, 0.717) is 0 Å². The number of nitrogens with one attached hydrogen (secondary N) is 1. The Bertz CT molecular complexity index is 80.8. The van der Waals surface area contributed by atoms with Gasteiger partial charge in [0.2, 0.25) is 0 Å². The van der Waals surface area contributed by atoms with Crippen molar-refractivity contribution < 1.29 is 9.57 Å². The highest BCUT2D eigenvalue weighted by molar-refractivity contribution is 4.46. The van der Waals surface area contributed by atoms with Gasteiger partial charge < -0.3 is 14.9 Å². The van der Waals surface area contributed by atoms with E-state index in [4.69, 9.17) is 9.57 Å². The van der Waals surface area contributed by atoms with Crippen LogP contribution in [0.1, 0.15) is 0 Å². The van der Waals surface area contributed by atoms with Crippen molar-refractivity contribution in [2.24, 2.45) is 0 Å². The van der Waals surface area contributed by atoms with Crippen molar-refractivity contribution in [2.45, 2.75) is 0 Å². The Hall–Kier alpha value is -0.160. The Morgan fingerprint density at radius 2 is 2.00 bits per heavy atom. The van der Waals surface area contributed by atoms with Gasteiger partial charge in [-0.3, -0.25) is 0 Å². The van der Waals surface area contributed by atoms with Crippen molar-refractivity contribution in [2.75, 3.05) is 47.5 Å². The molecule has 0 aromatic carbocycles. The minimum absolute atomic E-state index is 0.761. The van der Waals surface area contributed by atoms with Crippen LogP contribution in [-0.4, -0.2) is 52.6 Å². The minimum atomic E-state index is 0.761. The molecule has 0 fully saturated rings. The first-order valence-electron chi connectivity index (χ1n) is 3.76. The molecule has 1 N–H and O–H groups in total. The maximum atomic E-state index is 4.92. The Balaban J connectivity index is 2.89. The third-order valence-electron chi connectivity index (χ3n) is 1.40. The average molecular weight is 162 g/mol. The molecule has 0 aromatic heterocycles. The van der Waals surface area contributed by atoms with Crippen molar-refractivity contribution >= 4 is 0 Å². The van der Waals surface area contributed by atoms with Crippen LogP contribution in [0.5, 0.6) is 0 Å². The summed E-state index contributed by atoms with van der Waals surface area (Å²) in [6.07, 6.45) is 0. The number of likely N-dealkylation sites (N-methyl/N-ethyl adjacent to an activating group) is 1. The summed E-state index contributed by atoms with van der Waals surface area (Å²) < 4.78 is 4.87. The van der Waals surface area contributed by atoms with Gasteiger partial charge in [-0.15, -0.1) is 0 Å². The molecule has 4 nitrogen and oxygen atoms in total. The van der Waals surface area contributed by atoms with Crippen LogP contribution in [0.2, 0.25) is 0 Å². The summed E-state index contributed by atoms with van der Waals surface area (Å²) in [5, 5.41) is 4.98. The maximum absolute atomic E-state index is 4.92. The summed E-state index contributed by atoms with van der Waals surface area (Å²) in [5.41, 5.74) is 0. The number of rotatable bonds is 7. The normalized spacial score (nSPS) is 10.9. The summed E-state index contributed by atoms with van der Waals surface area (Å²) in [7, 11) is 5.26. The first kappa shape index (κ1) is 10.8. The van der Waals surface area contributed by atoms with Crippen LogP contribution in [0.4, 0.5) is 0 Å². The fourth-order valence-corrected chi connectivity index (χ4v) is 0.627. The number of ether oxygens (including phenoxy) is 1. The van der Waals surface area contributed by atoms with Gasteiger partial charge in [0.1, 0.15) is 0 Å². The number of methoxy groups -OCH3 is 1. The van der Waals surface area contributed by atoms with Crippen LogP contribution in [0.25, 0.3) is 0 Å². The molecule has 0 aliphatic carbocycles. The first-order valence-corrected chi connectivity index (χ1v) is 3.76.